The van der Waals surface area contributed by atoms with Crippen molar-refractivity contribution in [1.29, 1.82) is 0 Å². The second-order valence-corrected chi connectivity index (χ2v) is 9.61. The predicted octanol–water partition coefficient (Wildman–Crippen LogP) is 6.53. The van der Waals surface area contributed by atoms with Gasteiger partial charge in [-0.1, -0.05) is 115 Å². The maximum Gasteiger partial charge on any atom is 0.222 e. The fraction of sp³-hybridized carbons (Fsp3) is 0.767. The largest absolute Gasteiger partial charge is 0.394 e. The van der Waals surface area contributed by atoms with E-state index in [1.807, 2.05) is 6.08 Å². The van der Waals surface area contributed by atoms with Crippen LogP contribution >= 0.6 is 0 Å². The van der Waals surface area contributed by atoms with Gasteiger partial charge >= 0.3 is 0 Å². The van der Waals surface area contributed by atoms with Gasteiger partial charge in [0.05, 0.1) is 31.3 Å². The number of amides is 1. The molecule has 0 rings (SSSR count). The fourth-order valence-electron chi connectivity index (χ4n) is 3.96. The molecular weight excluding hydrogens is 438 g/mol. The summed E-state index contributed by atoms with van der Waals surface area (Å²) in [6.07, 6.45) is 28.4. The van der Waals surface area contributed by atoms with Gasteiger partial charge in [-0.3, -0.25) is 4.79 Å². The van der Waals surface area contributed by atoms with Crippen molar-refractivity contribution in [2.45, 2.75) is 141 Å². The van der Waals surface area contributed by atoms with Crippen molar-refractivity contribution in [3.8, 4) is 0 Å². The molecule has 0 aromatic heterocycles. The third kappa shape index (κ3) is 22.8. The van der Waals surface area contributed by atoms with E-state index in [0.717, 1.165) is 44.9 Å². The van der Waals surface area contributed by atoms with Crippen molar-refractivity contribution in [2.75, 3.05) is 6.61 Å². The topological polar surface area (TPSA) is 89.8 Å². The number of carbonyl (C=O) groups is 1. The highest BCUT2D eigenvalue weighted by Gasteiger charge is 2.19. The lowest BCUT2D eigenvalue weighted by molar-refractivity contribution is -0.124. The number of allylic oxidation sites excluding steroid dienone is 5. The van der Waals surface area contributed by atoms with Crippen LogP contribution in [0.1, 0.15) is 123 Å². The molecule has 0 radical (unpaired) electrons. The molecule has 0 aliphatic rings. The summed E-state index contributed by atoms with van der Waals surface area (Å²) in [5.74, 6) is -0.337. The zero-order valence-corrected chi connectivity index (χ0v) is 22.7. The number of nitrogens with one attached hydrogen (secondary N) is 1. The summed E-state index contributed by atoms with van der Waals surface area (Å²) in [4.78, 5) is 12.2. The molecule has 35 heavy (non-hydrogen) atoms. The molecule has 0 heterocycles. The van der Waals surface area contributed by atoms with E-state index in [1.54, 1.807) is 6.08 Å². The van der Waals surface area contributed by atoms with Crippen LogP contribution < -0.4 is 5.32 Å². The van der Waals surface area contributed by atoms with Crippen molar-refractivity contribution in [2.24, 2.45) is 0 Å². The van der Waals surface area contributed by atoms with Gasteiger partial charge in [-0.15, -0.1) is 0 Å². The van der Waals surface area contributed by atoms with Crippen LogP contribution in [0.2, 0.25) is 0 Å². The molecule has 0 spiro atoms. The summed E-state index contributed by atoms with van der Waals surface area (Å²) < 4.78 is 0. The van der Waals surface area contributed by atoms with Crippen LogP contribution in [0, 0.1) is 0 Å². The Morgan fingerprint density at radius 2 is 1.26 bits per heavy atom. The lowest BCUT2D eigenvalue weighted by atomic mass is 10.0. The SMILES string of the molecule is CC/C=C/CC/C=C/CC/C=C/C(O)C(CO)NC(=O)CC(O)CCCCCCCCCCCC. The molecule has 0 bridgehead atoms. The van der Waals surface area contributed by atoms with Crippen LogP contribution in [0.3, 0.4) is 0 Å². The van der Waals surface area contributed by atoms with E-state index in [-0.39, 0.29) is 18.9 Å². The summed E-state index contributed by atoms with van der Waals surface area (Å²) in [7, 11) is 0. The monoisotopic (exact) mass is 493 g/mol. The van der Waals surface area contributed by atoms with Crippen LogP contribution in [0.4, 0.5) is 0 Å². The smallest absolute Gasteiger partial charge is 0.222 e. The van der Waals surface area contributed by atoms with E-state index in [2.05, 4.69) is 43.5 Å². The fourth-order valence-corrected chi connectivity index (χ4v) is 3.96. The van der Waals surface area contributed by atoms with Gasteiger partial charge in [0.1, 0.15) is 0 Å². The second-order valence-electron chi connectivity index (χ2n) is 9.61. The zero-order valence-electron chi connectivity index (χ0n) is 22.7. The maximum atomic E-state index is 12.2. The van der Waals surface area contributed by atoms with Crippen molar-refractivity contribution in [3.63, 3.8) is 0 Å². The lowest BCUT2D eigenvalue weighted by Crippen LogP contribution is -2.45. The Kier molecular flexibility index (Phi) is 24.6. The number of aliphatic hydroxyl groups is 3. The highest BCUT2D eigenvalue weighted by molar-refractivity contribution is 5.76. The first kappa shape index (κ1) is 33.6. The van der Waals surface area contributed by atoms with E-state index in [0.29, 0.717) is 6.42 Å². The standard InChI is InChI=1S/C30H55NO4/c1-3-5-7-9-11-13-15-17-19-21-23-27(33)25-30(35)31-28(26-32)29(34)24-22-20-18-16-14-12-10-8-6-4-2/h6,8,14,16,22,24,27-29,32-34H,3-5,7,9-13,15,17-21,23,25-26H2,1-2H3,(H,31,35)/b8-6+,16-14+,24-22+. The maximum absolute atomic E-state index is 12.2. The van der Waals surface area contributed by atoms with Gasteiger partial charge in [-0.05, 0) is 38.5 Å². The molecule has 3 unspecified atom stereocenters. The Hall–Kier alpha value is -1.43. The summed E-state index contributed by atoms with van der Waals surface area (Å²) in [6, 6.07) is -0.760. The van der Waals surface area contributed by atoms with Gasteiger partial charge in [-0.2, -0.15) is 0 Å². The van der Waals surface area contributed by atoms with Crippen molar-refractivity contribution in [1.82, 2.24) is 5.32 Å². The molecule has 5 heteroatoms. The minimum absolute atomic E-state index is 0.00258. The molecule has 204 valence electrons. The average molecular weight is 494 g/mol. The number of aliphatic hydroxyl groups excluding tert-OH is 3. The molecule has 0 saturated heterocycles. The Morgan fingerprint density at radius 3 is 1.80 bits per heavy atom. The van der Waals surface area contributed by atoms with E-state index < -0.39 is 18.2 Å². The number of hydrogen-bond donors (Lipinski definition) is 4. The molecular formula is C30H55NO4. The lowest BCUT2D eigenvalue weighted by Gasteiger charge is -2.21. The van der Waals surface area contributed by atoms with Crippen LogP contribution in [-0.4, -0.2) is 46.1 Å². The number of carbonyl (C=O) groups excluding carboxylic acids is 1. The molecule has 4 N–H and O–H groups in total. The minimum atomic E-state index is -0.953. The molecule has 0 fully saturated rings. The van der Waals surface area contributed by atoms with E-state index in [9.17, 15) is 20.1 Å². The molecule has 3 atom stereocenters. The normalized spacial score (nSPS) is 14.8. The quantitative estimate of drug-likeness (QED) is 0.0909. The van der Waals surface area contributed by atoms with Crippen LogP contribution in [0.15, 0.2) is 36.5 Å². The van der Waals surface area contributed by atoms with Crippen LogP contribution in [-0.2, 0) is 4.79 Å². The first-order valence-corrected chi connectivity index (χ1v) is 14.3. The van der Waals surface area contributed by atoms with Gasteiger partial charge in [0.15, 0.2) is 0 Å². The van der Waals surface area contributed by atoms with Gasteiger partial charge in [0, 0.05) is 0 Å². The number of rotatable bonds is 24. The first-order chi connectivity index (χ1) is 17.0. The molecule has 0 saturated carbocycles. The highest BCUT2D eigenvalue weighted by Crippen LogP contribution is 2.13. The molecule has 1 amide bonds. The molecule has 5 nitrogen and oxygen atoms in total. The minimum Gasteiger partial charge on any atom is -0.394 e. The Morgan fingerprint density at radius 1 is 0.743 bits per heavy atom. The van der Waals surface area contributed by atoms with Crippen LogP contribution in [0.25, 0.3) is 0 Å². The zero-order chi connectivity index (χ0) is 26.0. The highest BCUT2D eigenvalue weighted by atomic mass is 16.3. The Labute approximate surface area is 215 Å². The van der Waals surface area contributed by atoms with E-state index >= 15 is 0 Å². The predicted molar refractivity (Wildman–Crippen MR) is 148 cm³/mol. The average Bonchev–Trinajstić information content (AvgIpc) is 2.84. The molecule has 0 aromatic carbocycles. The van der Waals surface area contributed by atoms with Crippen LogP contribution in [0.5, 0.6) is 0 Å². The number of hydrogen-bond acceptors (Lipinski definition) is 4. The van der Waals surface area contributed by atoms with Gasteiger partial charge < -0.3 is 20.6 Å². The summed E-state index contributed by atoms with van der Waals surface area (Å²) in [5.41, 5.74) is 0. The van der Waals surface area contributed by atoms with Crippen molar-refractivity contribution < 1.29 is 20.1 Å². The summed E-state index contributed by atoms with van der Waals surface area (Å²) >= 11 is 0. The molecule has 0 aliphatic carbocycles. The Balaban J connectivity index is 3.92. The first-order valence-electron chi connectivity index (χ1n) is 14.3. The van der Waals surface area contributed by atoms with Crippen molar-refractivity contribution in [3.05, 3.63) is 36.5 Å². The summed E-state index contributed by atoms with van der Waals surface area (Å²) in [6.45, 7) is 4.01. The van der Waals surface area contributed by atoms with Gasteiger partial charge in [0.25, 0.3) is 0 Å². The summed E-state index contributed by atoms with van der Waals surface area (Å²) in [5, 5.41) is 32.6. The Bertz CT molecular complexity index is 559. The number of unbranched alkanes of at least 4 members (excludes halogenated alkanes) is 11. The molecule has 0 aromatic rings. The van der Waals surface area contributed by atoms with E-state index in [1.165, 1.54) is 51.4 Å². The second kappa shape index (κ2) is 25.7. The third-order valence-corrected chi connectivity index (χ3v) is 6.17. The van der Waals surface area contributed by atoms with Gasteiger partial charge in [-0.25, -0.2) is 0 Å². The van der Waals surface area contributed by atoms with Crippen molar-refractivity contribution >= 4 is 5.91 Å². The van der Waals surface area contributed by atoms with E-state index in [4.69, 9.17) is 0 Å². The third-order valence-electron chi connectivity index (χ3n) is 6.17. The van der Waals surface area contributed by atoms with Gasteiger partial charge in [0.2, 0.25) is 5.91 Å². The molecule has 0 aliphatic heterocycles.